The zero-order valence-electron chi connectivity index (χ0n) is 10.4. The molecule has 98 valence electrons. The molecule has 0 unspecified atom stereocenters. The third-order valence-electron chi connectivity index (χ3n) is 3.41. The summed E-state index contributed by atoms with van der Waals surface area (Å²) in [6.45, 7) is 2.01. The molecule has 1 aliphatic heterocycles. The minimum absolute atomic E-state index is 0.932. The van der Waals surface area contributed by atoms with Gasteiger partial charge in [0.15, 0.2) is 5.82 Å². The maximum Gasteiger partial charge on any atom is 0.212 e. The standard InChI is InChI=1S/C13H14N4S2/c1-2-9(18-7-1)3-4-12-15-13-17(16-12)10-5-6-14-8-11(10)19-13/h1-2,7,14H,3-6,8H2. The van der Waals surface area contributed by atoms with Crippen LogP contribution in [0.1, 0.15) is 21.3 Å². The minimum atomic E-state index is 0.932. The number of thiazole rings is 1. The van der Waals surface area contributed by atoms with Crippen molar-refractivity contribution >= 4 is 27.6 Å². The molecule has 1 aliphatic rings. The molecule has 0 atom stereocenters. The van der Waals surface area contributed by atoms with Gasteiger partial charge in [0.25, 0.3) is 0 Å². The summed E-state index contributed by atoms with van der Waals surface area (Å²) in [5.74, 6) is 0.973. The summed E-state index contributed by atoms with van der Waals surface area (Å²) in [5, 5.41) is 10.2. The molecular formula is C13H14N4S2. The van der Waals surface area contributed by atoms with Crippen molar-refractivity contribution < 1.29 is 0 Å². The van der Waals surface area contributed by atoms with E-state index in [1.807, 2.05) is 0 Å². The highest BCUT2D eigenvalue weighted by Gasteiger charge is 2.18. The Hall–Kier alpha value is -1.24. The smallest absolute Gasteiger partial charge is 0.212 e. The average Bonchev–Trinajstić information content (AvgIpc) is 3.12. The zero-order chi connectivity index (χ0) is 12.7. The summed E-state index contributed by atoms with van der Waals surface area (Å²) in [4.78, 5) is 8.52. The lowest BCUT2D eigenvalue weighted by Gasteiger charge is -2.11. The van der Waals surface area contributed by atoms with Crippen LogP contribution in [0.3, 0.4) is 0 Å². The van der Waals surface area contributed by atoms with Crippen molar-refractivity contribution in [2.24, 2.45) is 0 Å². The summed E-state index contributed by atoms with van der Waals surface area (Å²) in [6, 6.07) is 4.28. The maximum absolute atomic E-state index is 4.68. The lowest BCUT2D eigenvalue weighted by Crippen LogP contribution is -2.23. The van der Waals surface area contributed by atoms with Gasteiger partial charge in [0.1, 0.15) is 0 Å². The Labute approximate surface area is 119 Å². The van der Waals surface area contributed by atoms with Crippen LogP contribution in [0.5, 0.6) is 0 Å². The second-order valence-corrected chi connectivity index (χ2v) is 6.79. The van der Waals surface area contributed by atoms with Crippen molar-refractivity contribution in [1.29, 1.82) is 0 Å². The summed E-state index contributed by atoms with van der Waals surface area (Å²) in [7, 11) is 0. The van der Waals surface area contributed by atoms with E-state index < -0.39 is 0 Å². The first-order chi connectivity index (χ1) is 9.40. The Bertz CT molecular complexity index is 696. The highest BCUT2D eigenvalue weighted by atomic mass is 32.1. The lowest BCUT2D eigenvalue weighted by molar-refractivity contribution is 0.627. The predicted molar refractivity (Wildman–Crippen MR) is 78.0 cm³/mol. The van der Waals surface area contributed by atoms with Crippen molar-refractivity contribution in [1.82, 2.24) is 19.9 Å². The molecule has 4 nitrogen and oxygen atoms in total. The van der Waals surface area contributed by atoms with Crippen LogP contribution < -0.4 is 5.32 Å². The second-order valence-electron chi connectivity index (χ2n) is 4.70. The topological polar surface area (TPSA) is 42.2 Å². The van der Waals surface area contributed by atoms with E-state index in [0.29, 0.717) is 0 Å². The third kappa shape index (κ3) is 2.09. The van der Waals surface area contributed by atoms with Gasteiger partial charge < -0.3 is 5.32 Å². The Morgan fingerprint density at radius 1 is 1.37 bits per heavy atom. The summed E-state index contributed by atoms with van der Waals surface area (Å²) < 4.78 is 2.06. The Morgan fingerprint density at radius 3 is 3.26 bits per heavy atom. The van der Waals surface area contributed by atoms with E-state index in [-0.39, 0.29) is 0 Å². The molecule has 3 aromatic rings. The van der Waals surface area contributed by atoms with Crippen LogP contribution in [0.25, 0.3) is 4.96 Å². The summed E-state index contributed by atoms with van der Waals surface area (Å²) in [5.41, 5.74) is 1.36. The number of hydrogen-bond donors (Lipinski definition) is 1. The van der Waals surface area contributed by atoms with Gasteiger partial charge in [-0.15, -0.1) is 11.3 Å². The zero-order valence-corrected chi connectivity index (χ0v) is 12.1. The van der Waals surface area contributed by atoms with Crippen molar-refractivity contribution in [3.05, 3.63) is 38.8 Å². The first-order valence-electron chi connectivity index (χ1n) is 6.49. The molecule has 4 heterocycles. The first-order valence-corrected chi connectivity index (χ1v) is 8.19. The Morgan fingerprint density at radius 2 is 2.37 bits per heavy atom. The molecule has 0 amide bonds. The van der Waals surface area contributed by atoms with Crippen LogP contribution in [0.15, 0.2) is 17.5 Å². The molecule has 1 N–H and O–H groups in total. The van der Waals surface area contributed by atoms with Gasteiger partial charge >= 0.3 is 0 Å². The van der Waals surface area contributed by atoms with E-state index in [1.165, 1.54) is 15.4 Å². The van der Waals surface area contributed by atoms with E-state index in [9.17, 15) is 0 Å². The molecular weight excluding hydrogens is 276 g/mol. The van der Waals surface area contributed by atoms with Crippen molar-refractivity contribution in [3.63, 3.8) is 0 Å². The van der Waals surface area contributed by atoms with Crippen LogP contribution in [0.2, 0.25) is 0 Å². The molecule has 0 radical (unpaired) electrons. The molecule has 0 saturated heterocycles. The maximum atomic E-state index is 4.68. The largest absolute Gasteiger partial charge is 0.311 e. The van der Waals surface area contributed by atoms with Gasteiger partial charge in [0, 0.05) is 35.7 Å². The monoisotopic (exact) mass is 290 g/mol. The molecule has 0 aliphatic carbocycles. The number of aromatic nitrogens is 3. The van der Waals surface area contributed by atoms with E-state index in [2.05, 4.69) is 37.4 Å². The van der Waals surface area contributed by atoms with Crippen LogP contribution >= 0.6 is 22.7 Å². The predicted octanol–water partition coefficient (Wildman–Crippen LogP) is 2.28. The van der Waals surface area contributed by atoms with E-state index in [4.69, 9.17) is 0 Å². The average molecular weight is 290 g/mol. The van der Waals surface area contributed by atoms with Crippen molar-refractivity contribution in [2.45, 2.75) is 25.8 Å². The number of fused-ring (bicyclic) bond motifs is 3. The Kier molecular flexibility index (Phi) is 2.86. The van der Waals surface area contributed by atoms with Gasteiger partial charge in [0.2, 0.25) is 4.96 Å². The number of nitrogens with zero attached hydrogens (tertiary/aromatic N) is 3. The van der Waals surface area contributed by atoms with Gasteiger partial charge in [-0.1, -0.05) is 17.4 Å². The molecule has 4 rings (SSSR count). The summed E-state index contributed by atoms with van der Waals surface area (Å²) >= 11 is 3.58. The molecule has 0 aromatic carbocycles. The van der Waals surface area contributed by atoms with Gasteiger partial charge in [-0.05, 0) is 17.9 Å². The fourth-order valence-electron chi connectivity index (χ4n) is 2.46. The molecule has 6 heteroatoms. The number of hydrogen-bond acceptors (Lipinski definition) is 5. The van der Waals surface area contributed by atoms with Gasteiger partial charge in [0.05, 0.1) is 5.69 Å². The van der Waals surface area contributed by atoms with Gasteiger partial charge in [-0.25, -0.2) is 9.50 Å². The Balaban J connectivity index is 1.60. The third-order valence-corrected chi connectivity index (χ3v) is 5.42. The van der Waals surface area contributed by atoms with Crippen molar-refractivity contribution in [2.75, 3.05) is 6.54 Å². The number of nitrogens with one attached hydrogen (secondary N) is 1. The highest BCUT2D eigenvalue weighted by molar-refractivity contribution is 7.17. The molecule has 19 heavy (non-hydrogen) atoms. The van der Waals surface area contributed by atoms with E-state index in [0.717, 1.165) is 43.1 Å². The molecule has 0 fully saturated rings. The first kappa shape index (κ1) is 11.6. The molecule has 0 saturated carbocycles. The normalized spacial score (nSPS) is 14.9. The van der Waals surface area contributed by atoms with Crippen LogP contribution in [0, 0.1) is 0 Å². The number of rotatable bonds is 3. The second kappa shape index (κ2) is 4.70. The van der Waals surface area contributed by atoms with E-state index >= 15 is 0 Å². The molecule has 0 bridgehead atoms. The lowest BCUT2D eigenvalue weighted by atomic mass is 10.2. The fourth-order valence-corrected chi connectivity index (χ4v) is 4.25. The molecule has 3 aromatic heterocycles. The fraction of sp³-hybridized carbons (Fsp3) is 0.385. The highest BCUT2D eigenvalue weighted by Crippen LogP contribution is 2.24. The van der Waals surface area contributed by atoms with Gasteiger partial charge in [-0.3, -0.25) is 0 Å². The van der Waals surface area contributed by atoms with Crippen LogP contribution in [0.4, 0.5) is 0 Å². The minimum Gasteiger partial charge on any atom is -0.311 e. The number of aryl methyl sites for hydroxylation is 2. The summed E-state index contributed by atoms with van der Waals surface area (Å²) in [6.07, 6.45) is 3.03. The van der Waals surface area contributed by atoms with Crippen molar-refractivity contribution in [3.8, 4) is 0 Å². The SMILES string of the molecule is c1csc(CCc2nc3sc4c(n3n2)CCNC4)c1. The van der Waals surface area contributed by atoms with E-state index in [1.54, 1.807) is 22.7 Å². The quantitative estimate of drug-likeness (QED) is 0.805. The molecule has 0 spiro atoms. The van der Waals surface area contributed by atoms with Crippen LogP contribution in [-0.2, 0) is 25.8 Å². The van der Waals surface area contributed by atoms with Gasteiger partial charge in [-0.2, -0.15) is 5.10 Å². The van der Waals surface area contributed by atoms with Crippen LogP contribution in [-0.4, -0.2) is 21.1 Å². The number of thiophene rings is 1.